The third-order valence-corrected chi connectivity index (χ3v) is 4.62. The smallest absolute Gasteiger partial charge is 0.253 e. The molecule has 1 atom stereocenters. The van der Waals surface area contributed by atoms with Crippen molar-refractivity contribution >= 4 is 29.9 Å². The fourth-order valence-electron chi connectivity index (χ4n) is 2.97. The number of nitrogens with one attached hydrogen (secondary N) is 1. The average Bonchev–Trinajstić information content (AvgIpc) is 2.73. The van der Waals surface area contributed by atoms with Gasteiger partial charge in [0.1, 0.15) is 5.75 Å². The molecule has 158 valence electrons. The second-order valence-electron chi connectivity index (χ2n) is 6.66. The van der Waals surface area contributed by atoms with Gasteiger partial charge in [0.15, 0.2) is 0 Å². The van der Waals surface area contributed by atoms with E-state index in [2.05, 4.69) is 5.32 Å². The van der Waals surface area contributed by atoms with E-state index in [0.29, 0.717) is 30.6 Å². The van der Waals surface area contributed by atoms with Crippen LogP contribution < -0.4 is 20.7 Å². The van der Waals surface area contributed by atoms with Gasteiger partial charge < -0.3 is 20.7 Å². The van der Waals surface area contributed by atoms with Crippen LogP contribution in [0, 0.1) is 0 Å². The molecule has 0 heterocycles. The summed E-state index contributed by atoms with van der Waals surface area (Å²) in [4.78, 5) is 26.7. The number of carbonyl (C=O) groups is 2. The quantitative estimate of drug-likeness (QED) is 0.653. The van der Waals surface area contributed by atoms with Crippen molar-refractivity contribution in [1.29, 1.82) is 0 Å². The maximum atomic E-state index is 12.7. The first-order chi connectivity index (χ1) is 13.5. The van der Waals surface area contributed by atoms with E-state index in [1.54, 1.807) is 38.4 Å². The largest absolute Gasteiger partial charge is 0.497 e. The summed E-state index contributed by atoms with van der Waals surface area (Å²) in [6, 6.07) is 14.2. The lowest BCUT2D eigenvalue weighted by molar-refractivity contribution is -0.119. The maximum Gasteiger partial charge on any atom is 0.253 e. The predicted octanol–water partition coefficient (Wildman–Crippen LogP) is 3.18. The zero-order valence-electron chi connectivity index (χ0n) is 17.2. The van der Waals surface area contributed by atoms with E-state index in [-0.39, 0.29) is 24.2 Å². The van der Waals surface area contributed by atoms with E-state index >= 15 is 0 Å². The number of anilines is 1. The van der Waals surface area contributed by atoms with Gasteiger partial charge in [-0.2, -0.15) is 0 Å². The zero-order chi connectivity index (χ0) is 20.5. The van der Waals surface area contributed by atoms with E-state index < -0.39 is 6.04 Å². The molecule has 2 aromatic rings. The first-order valence-corrected chi connectivity index (χ1v) is 9.51. The Balaban J connectivity index is 0.00000420. The van der Waals surface area contributed by atoms with Crippen LogP contribution in [0.2, 0.25) is 0 Å². The average molecular weight is 420 g/mol. The number of likely N-dealkylation sites (N-methyl/N-ethyl adjacent to an activating group) is 1. The molecule has 3 N–H and O–H groups in total. The van der Waals surface area contributed by atoms with Gasteiger partial charge in [-0.3, -0.25) is 9.59 Å². The molecule has 0 saturated carbocycles. The Morgan fingerprint density at radius 3 is 2.41 bits per heavy atom. The number of para-hydroxylation sites is 1. The Morgan fingerprint density at radius 2 is 1.79 bits per heavy atom. The molecule has 0 spiro atoms. The summed E-state index contributed by atoms with van der Waals surface area (Å²) in [5.74, 6) is 0.392. The molecule has 1 unspecified atom stereocenters. The van der Waals surface area contributed by atoms with Crippen LogP contribution in [-0.4, -0.2) is 38.6 Å². The summed E-state index contributed by atoms with van der Waals surface area (Å²) in [5.41, 5.74) is 8.07. The summed E-state index contributed by atoms with van der Waals surface area (Å²) in [5, 5.41) is 2.93. The van der Waals surface area contributed by atoms with E-state index in [1.165, 1.54) is 4.90 Å². The molecule has 29 heavy (non-hydrogen) atoms. The van der Waals surface area contributed by atoms with Crippen molar-refractivity contribution in [2.24, 2.45) is 5.73 Å². The monoisotopic (exact) mass is 419 g/mol. The normalized spacial score (nSPS) is 11.2. The fourth-order valence-corrected chi connectivity index (χ4v) is 2.97. The minimum Gasteiger partial charge on any atom is -0.497 e. The number of nitrogens with two attached hydrogens (primary N) is 1. The third-order valence-electron chi connectivity index (χ3n) is 4.62. The van der Waals surface area contributed by atoms with Crippen LogP contribution in [0.3, 0.4) is 0 Å². The zero-order valence-corrected chi connectivity index (χ0v) is 18.0. The topological polar surface area (TPSA) is 84.7 Å². The number of methoxy groups -OCH3 is 1. The maximum absolute atomic E-state index is 12.7. The number of hydrogen-bond acceptors (Lipinski definition) is 4. The lowest BCUT2D eigenvalue weighted by Gasteiger charge is -2.23. The molecule has 0 aliphatic heterocycles. The van der Waals surface area contributed by atoms with Gasteiger partial charge in [-0.25, -0.2) is 0 Å². The number of nitrogens with zero attached hydrogens (tertiary/aromatic N) is 1. The summed E-state index contributed by atoms with van der Waals surface area (Å²) in [6.45, 7) is 2.48. The molecule has 7 heteroatoms. The minimum atomic E-state index is -0.568. The SMILES string of the molecule is CCCC(N)C(=O)N(C)c1ccccc1C(=O)NCCc1ccc(OC)cc1.Cl. The molecule has 0 aliphatic rings. The van der Waals surface area contributed by atoms with E-state index in [1.807, 2.05) is 31.2 Å². The number of amides is 2. The van der Waals surface area contributed by atoms with Crippen molar-refractivity contribution in [2.75, 3.05) is 25.6 Å². The van der Waals surface area contributed by atoms with Crippen molar-refractivity contribution in [3.63, 3.8) is 0 Å². The van der Waals surface area contributed by atoms with Crippen LogP contribution in [-0.2, 0) is 11.2 Å². The van der Waals surface area contributed by atoms with Gasteiger partial charge in [0.25, 0.3) is 5.91 Å². The first-order valence-electron chi connectivity index (χ1n) is 9.51. The second-order valence-corrected chi connectivity index (χ2v) is 6.66. The Hall–Kier alpha value is -2.57. The van der Waals surface area contributed by atoms with Gasteiger partial charge in [-0.05, 0) is 42.7 Å². The van der Waals surface area contributed by atoms with Gasteiger partial charge in [-0.15, -0.1) is 12.4 Å². The number of rotatable bonds is 9. The van der Waals surface area contributed by atoms with Crippen molar-refractivity contribution in [1.82, 2.24) is 5.32 Å². The molecule has 0 saturated heterocycles. The highest BCUT2D eigenvalue weighted by Crippen LogP contribution is 2.20. The van der Waals surface area contributed by atoms with Gasteiger partial charge in [0.2, 0.25) is 5.91 Å². The van der Waals surface area contributed by atoms with Gasteiger partial charge in [0, 0.05) is 13.6 Å². The number of halogens is 1. The van der Waals surface area contributed by atoms with E-state index in [4.69, 9.17) is 10.5 Å². The van der Waals surface area contributed by atoms with E-state index in [9.17, 15) is 9.59 Å². The lowest BCUT2D eigenvalue weighted by Crippen LogP contribution is -2.42. The number of carbonyl (C=O) groups excluding carboxylic acids is 2. The summed E-state index contributed by atoms with van der Waals surface area (Å²) < 4.78 is 5.15. The lowest BCUT2D eigenvalue weighted by atomic mass is 10.1. The molecule has 0 fully saturated rings. The highest BCUT2D eigenvalue weighted by atomic mass is 35.5. The minimum absolute atomic E-state index is 0. The standard InChI is InChI=1S/C22H29N3O3.ClH/c1-4-7-19(23)22(27)25(2)20-9-6-5-8-18(20)21(26)24-15-14-16-10-12-17(28-3)13-11-16;/h5-6,8-13,19H,4,7,14-15,23H2,1-3H3,(H,24,26);1H. The van der Waals surface area contributed by atoms with Crippen LogP contribution in [0.4, 0.5) is 5.69 Å². The van der Waals surface area contributed by atoms with Crippen molar-refractivity contribution < 1.29 is 14.3 Å². The molecule has 0 radical (unpaired) electrons. The van der Waals surface area contributed by atoms with E-state index in [0.717, 1.165) is 17.7 Å². The van der Waals surface area contributed by atoms with Crippen LogP contribution >= 0.6 is 12.4 Å². The number of hydrogen-bond donors (Lipinski definition) is 2. The number of benzene rings is 2. The Bertz CT molecular complexity index is 796. The van der Waals surface area contributed by atoms with Crippen LogP contribution in [0.25, 0.3) is 0 Å². The molecule has 6 nitrogen and oxygen atoms in total. The van der Waals surface area contributed by atoms with Crippen molar-refractivity contribution in [2.45, 2.75) is 32.2 Å². The predicted molar refractivity (Wildman–Crippen MR) is 119 cm³/mol. The third kappa shape index (κ3) is 6.76. The Labute approximate surface area is 178 Å². The van der Waals surface area contributed by atoms with Gasteiger partial charge >= 0.3 is 0 Å². The molecule has 2 amide bonds. The molecular weight excluding hydrogens is 390 g/mol. The highest BCUT2D eigenvalue weighted by Gasteiger charge is 2.22. The van der Waals surface area contributed by atoms with Gasteiger partial charge in [0.05, 0.1) is 24.4 Å². The highest BCUT2D eigenvalue weighted by molar-refractivity contribution is 6.05. The summed E-state index contributed by atoms with van der Waals surface area (Å²) in [7, 11) is 3.28. The van der Waals surface area contributed by atoms with Crippen LogP contribution in [0.1, 0.15) is 35.7 Å². The summed E-state index contributed by atoms with van der Waals surface area (Å²) >= 11 is 0. The van der Waals surface area contributed by atoms with Crippen LogP contribution in [0.5, 0.6) is 5.75 Å². The summed E-state index contributed by atoms with van der Waals surface area (Å²) in [6.07, 6.45) is 2.14. The molecular formula is C22H30ClN3O3. The molecule has 0 aliphatic carbocycles. The van der Waals surface area contributed by atoms with Gasteiger partial charge in [-0.1, -0.05) is 37.6 Å². The second kappa shape index (κ2) is 12.1. The number of ether oxygens (including phenoxy) is 1. The van der Waals surface area contributed by atoms with Crippen LogP contribution in [0.15, 0.2) is 48.5 Å². The van der Waals surface area contributed by atoms with Crippen molar-refractivity contribution in [3.8, 4) is 5.75 Å². The Morgan fingerprint density at radius 1 is 1.14 bits per heavy atom. The first kappa shape index (κ1) is 24.5. The molecule has 0 bridgehead atoms. The fraction of sp³-hybridized carbons (Fsp3) is 0.364. The Kier molecular flexibility index (Phi) is 10.2. The van der Waals surface area contributed by atoms with Crippen molar-refractivity contribution in [3.05, 3.63) is 59.7 Å². The molecule has 0 aromatic heterocycles. The molecule has 2 rings (SSSR count). The molecule has 2 aromatic carbocycles.